The summed E-state index contributed by atoms with van der Waals surface area (Å²) in [5.41, 5.74) is 3.72. The maximum Gasteiger partial charge on any atom is 0.185 e. The first-order valence-corrected chi connectivity index (χ1v) is 7.90. The van der Waals surface area contributed by atoms with Crippen LogP contribution >= 0.6 is 12.2 Å². The van der Waals surface area contributed by atoms with Gasteiger partial charge in [-0.15, -0.1) is 0 Å². The number of nitrogens with zero attached hydrogens (tertiary/aromatic N) is 1. The largest absolute Gasteiger partial charge is 0.342 e. The van der Waals surface area contributed by atoms with E-state index in [0.717, 1.165) is 17.6 Å². The zero-order valence-corrected chi connectivity index (χ0v) is 12.6. The highest BCUT2D eigenvalue weighted by Gasteiger charge is 2.39. The van der Waals surface area contributed by atoms with Gasteiger partial charge in [-0.05, 0) is 50.2 Å². The van der Waals surface area contributed by atoms with Gasteiger partial charge >= 0.3 is 0 Å². The van der Waals surface area contributed by atoms with Gasteiger partial charge in [0.25, 0.3) is 0 Å². The molecular formula is C14H27N3S. The summed E-state index contributed by atoms with van der Waals surface area (Å²) in [7, 11) is 0. The minimum atomic E-state index is 0.0640. The molecule has 1 aliphatic heterocycles. The maximum absolute atomic E-state index is 5.48. The fraction of sp³-hybridized carbons (Fsp3) is 0.929. The number of rotatable bonds is 3. The van der Waals surface area contributed by atoms with E-state index in [1.807, 2.05) is 0 Å². The smallest absolute Gasteiger partial charge is 0.185 e. The van der Waals surface area contributed by atoms with Crippen molar-refractivity contribution < 1.29 is 0 Å². The molecule has 1 saturated carbocycles. The van der Waals surface area contributed by atoms with E-state index in [2.05, 4.69) is 29.6 Å². The van der Waals surface area contributed by atoms with Gasteiger partial charge in [-0.2, -0.15) is 0 Å². The normalized spacial score (nSPS) is 24.2. The molecule has 0 aromatic heterocycles. The molecule has 1 saturated heterocycles. The van der Waals surface area contributed by atoms with Gasteiger partial charge in [-0.1, -0.05) is 33.1 Å². The van der Waals surface area contributed by atoms with Gasteiger partial charge in [0.2, 0.25) is 0 Å². The molecule has 18 heavy (non-hydrogen) atoms. The average molecular weight is 269 g/mol. The molecule has 0 unspecified atom stereocenters. The van der Waals surface area contributed by atoms with Crippen LogP contribution in [0.2, 0.25) is 0 Å². The standard InChI is InChI=1S/C14H27N3S/c1-12(2)8-11-17-13(18)15-14(16-17)9-6-4-3-5-7-10-14/h12,16H,3-11H2,1-2H3,(H,15,18). The zero-order valence-electron chi connectivity index (χ0n) is 11.8. The van der Waals surface area contributed by atoms with Gasteiger partial charge < -0.3 is 5.32 Å². The monoisotopic (exact) mass is 269 g/mol. The molecule has 3 nitrogen and oxygen atoms in total. The molecule has 1 spiro atoms. The minimum Gasteiger partial charge on any atom is -0.342 e. The Bertz CT molecular complexity index is 283. The third-order valence-electron chi connectivity index (χ3n) is 4.08. The van der Waals surface area contributed by atoms with E-state index >= 15 is 0 Å². The van der Waals surface area contributed by atoms with Gasteiger partial charge in [0.05, 0.1) is 0 Å². The van der Waals surface area contributed by atoms with Crippen LogP contribution in [0, 0.1) is 5.92 Å². The van der Waals surface area contributed by atoms with Gasteiger partial charge in [-0.3, -0.25) is 5.01 Å². The Morgan fingerprint density at radius 2 is 1.78 bits per heavy atom. The number of hydrazine groups is 1. The Kier molecular flexibility index (Phi) is 4.84. The fourth-order valence-electron chi connectivity index (χ4n) is 2.90. The van der Waals surface area contributed by atoms with Crippen molar-refractivity contribution in [2.24, 2.45) is 5.92 Å². The summed E-state index contributed by atoms with van der Waals surface area (Å²) in [4.78, 5) is 0. The van der Waals surface area contributed by atoms with E-state index in [-0.39, 0.29) is 5.66 Å². The highest BCUT2D eigenvalue weighted by atomic mass is 32.1. The predicted octanol–water partition coefficient (Wildman–Crippen LogP) is 3.17. The van der Waals surface area contributed by atoms with Crippen molar-refractivity contribution >= 4 is 17.3 Å². The summed E-state index contributed by atoms with van der Waals surface area (Å²) < 4.78 is 0. The second kappa shape index (κ2) is 6.20. The molecule has 0 radical (unpaired) electrons. The van der Waals surface area contributed by atoms with Gasteiger partial charge in [-0.25, -0.2) is 5.43 Å². The second-order valence-electron chi connectivity index (χ2n) is 6.23. The third-order valence-corrected chi connectivity index (χ3v) is 4.40. The highest BCUT2D eigenvalue weighted by molar-refractivity contribution is 7.80. The lowest BCUT2D eigenvalue weighted by Crippen LogP contribution is -2.51. The minimum absolute atomic E-state index is 0.0640. The molecule has 2 fully saturated rings. The van der Waals surface area contributed by atoms with Gasteiger partial charge in [0, 0.05) is 6.54 Å². The number of hydrogen-bond acceptors (Lipinski definition) is 2. The van der Waals surface area contributed by atoms with Crippen LogP contribution in [0.5, 0.6) is 0 Å². The van der Waals surface area contributed by atoms with E-state index in [1.54, 1.807) is 0 Å². The maximum atomic E-state index is 5.48. The van der Waals surface area contributed by atoms with E-state index in [4.69, 9.17) is 12.2 Å². The first kappa shape index (κ1) is 14.1. The van der Waals surface area contributed by atoms with Crippen LogP contribution in [-0.4, -0.2) is 22.3 Å². The number of nitrogens with one attached hydrogen (secondary N) is 2. The summed E-state index contributed by atoms with van der Waals surface area (Å²) in [6.45, 7) is 5.54. The lowest BCUT2D eigenvalue weighted by atomic mass is 9.92. The number of hydrogen-bond donors (Lipinski definition) is 2. The third kappa shape index (κ3) is 3.58. The average Bonchev–Trinajstić information content (AvgIpc) is 2.59. The van der Waals surface area contributed by atoms with Gasteiger partial charge in [0.1, 0.15) is 5.66 Å². The lowest BCUT2D eigenvalue weighted by molar-refractivity contribution is 0.172. The van der Waals surface area contributed by atoms with Crippen LogP contribution in [0.15, 0.2) is 0 Å². The topological polar surface area (TPSA) is 27.3 Å². The molecule has 1 aliphatic carbocycles. The Hall–Kier alpha value is -0.350. The molecule has 0 atom stereocenters. The Morgan fingerprint density at radius 1 is 1.17 bits per heavy atom. The molecule has 2 aliphatic rings. The van der Waals surface area contributed by atoms with Crippen LogP contribution in [0.4, 0.5) is 0 Å². The first-order chi connectivity index (χ1) is 8.61. The molecule has 0 aromatic rings. The molecule has 0 aromatic carbocycles. The summed E-state index contributed by atoms with van der Waals surface area (Å²) >= 11 is 5.48. The molecule has 2 N–H and O–H groups in total. The van der Waals surface area contributed by atoms with Crippen molar-refractivity contribution in [2.75, 3.05) is 6.54 Å². The molecule has 4 heteroatoms. The highest BCUT2D eigenvalue weighted by Crippen LogP contribution is 2.27. The summed E-state index contributed by atoms with van der Waals surface area (Å²) in [5.74, 6) is 0.725. The Balaban J connectivity index is 1.92. The quantitative estimate of drug-likeness (QED) is 0.770. The predicted molar refractivity (Wildman–Crippen MR) is 80.1 cm³/mol. The summed E-state index contributed by atoms with van der Waals surface area (Å²) in [6.07, 6.45) is 10.3. The van der Waals surface area contributed by atoms with Crippen molar-refractivity contribution in [3.05, 3.63) is 0 Å². The van der Waals surface area contributed by atoms with E-state index < -0.39 is 0 Å². The Labute approximate surface area is 117 Å². The molecular weight excluding hydrogens is 242 g/mol. The Morgan fingerprint density at radius 3 is 2.39 bits per heavy atom. The second-order valence-corrected chi connectivity index (χ2v) is 6.61. The van der Waals surface area contributed by atoms with Crippen molar-refractivity contribution in [3.8, 4) is 0 Å². The molecule has 0 amide bonds. The molecule has 2 rings (SSSR count). The van der Waals surface area contributed by atoms with Crippen LogP contribution in [0.3, 0.4) is 0 Å². The lowest BCUT2D eigenvalue weighted by Gasteiger charge is -2.31. The van der Waals surface area contributed by atoms with E-state index in [1.165, 1.54) is 51.4 Å². The molecule has 104 valence electrons. The zero-order chi connectivity index (χ0) is 13.0. The van der Waals surface area contributed by atoms with E-state index in [9.17, 15) is 0 Å². The van der Waals surface area contributed by atoms with Crippen molar-refractivity contribution in [2.45, 2.75) is 70.9 Å². The fourth-order valence-corrected chi connectivity index (χ4v) is 3.23. The summed E-state index contributed by atoms with van der Waals surface area (Å²) in [6, 6.07) is 0. The number of thiocarbonyl (C=S) groups is 1. The van der Waals surface area contributed by atoms with Crippen LogP contribution < -0.4 is 10.7 Å². The van der Waals surface area contributed by atoms with E-state index in [0.29, 0.717) is 0 Å². The first-order valence-electron chi connectivity index (χ1n) is 7.49. The van der Waals surface area contributed by atoms with Crippen LogP contribution in [0.1, 0.15) is 65.2 Å². The van der Waals surface area contributed by atoms with Crippen molar-refractivity contribution in [1.29, 1.82) is 0 Å². The SMILES string of the molecule is CC(C)CCN1NC2(CCCCCCC2)NC1=S. The van der Waals surface area contributed by atoms with Crippen molar-refractivity contribution in [3.63, 3.8) is 0 Å². The van der Waals surface area contributed by atoms with Crippen LogP contribution in [0.25, 0.3) is 0 Å². The van der Waals surface area contributed by atoms with Crippen LogP contribution in [-0.2, 0) is 0 Å². The molecule has 0 bridgehead atoms. The van der Waals surface area contributed by atoms with Gasteiger partial charge in [0.15, 0.2) is 5.11 Å². The van der Waals surface area contributed by atoms with Crippen molar-refractivity contribution in [1.82, 2.24) is 15.8 Å². The molecule has 1 heterocycles. The summed E-state index contributed by atoms with van der Waals surface area (Å²) in [5, 5.41) is 6.62.